The third-order valence-electron chi connectivity index (χ3n) is 4.84. The van der Waals surface area contributed by atoms with Crippen molar-refractivity contribution in [2.75, 3.05) is 13.1 Å². The largest absolute Gasteiger partial charge is 0.481 e. The van der Waals surface area contributed by atoms with Crippen LogP contribution in [0.15, 0.2) is 0 Å². The maximum atomic E-state index is 11.6. The fraction of sp³-hybridized carbons (Fsp3) is 0.867. The maximum absolute atomic E-state index is 11.6. The molecule has 0 heterocycles. The molecule has 0 saturated heterocycles. The first-order valence-corrected chi connectivity index (χ1v) is 7.53. The van der Waals surface area contributed by atoms with Crippen molar-refractivity contribution in [3.05, 3.63) is 0 Å². The van der Waals surface area contributed by atoms with Gasteiger partial charge in [-0.3, -0.25) is 9.59 Å². The summed E-state index contributed by atoms with van der Waals surface area (Å²) in [4.78, 5) is 22.9. The van der Waals surface area contributed by atoms with E-state index >= 15 is 0 Å². The Labute approximate surface area is 121 Å². The molecule has 3 atom stereocenters. The zero-order chi connectivity index (χ0) is 15.3. The van der Waals surface area contributed by atoms with Crippen LogP contribution in [-0.4, -0.2) is 36.1 Å². The van der Waals surface area contributed by atoms with E-state index in [9.17, 15) is 14.7 Å². The summed E-state index contributed by atoms with van der Waals surface area (Å²) in [5, 5.41) is 15.4. The lowest BCUT2D eigenvalue weighted by molar-refractivity contribution is -0.150. The molecular formula is C15H28N2O3. The van der Waals surface area contributed by atoms with Gasteiger partial charge in [0, 0.05) is 12.6 Å². The lowest BCUT2D eigenvalue weighted by Crippen LogP contribution is -2.52. The highest BCUT2D eigenvalue weighted by Crippen LogP contribution is 2.44. The molecule has 0 aromatic rings. The minimum Gasteiger partial charge on any atom is -0.481 e. The Morgan fingerprint density at radius 3 is 2.50 bits per heavy atom. The first-order chi connectivity index (χ1) is 9.30. The van der Waals surface area contributed by atoms with Gasteiger partial charge in [0.15, 0.2) is 0 Å². The summed E-state index contributed by atoms with van der Waals surface area (Å²) in [7, 11) is 0. The van der Waals surface area contributed by atoms with Crippen molar-refractivity contribution in [3.63, 3.8) is 0 Å². The van der Waals surface area contributed by atoms with Crippen LogP contribution < -0.4 is 10.6 Å². The van der Waals surface area contributed by atoms with Crippen LogP contribution in [0.4, 0.5) is 0 Å². The summed E-state index contributed by atoms with van der Waals surface area (Å²) in [6.07, 6.45) is 2.41. The Bertz CT molecular complexity index is 355. The molecule has 0 bridgehead atoms. The van der Waals surface area contributed by atoms with E-state index in [1.807, 2.05) is 20.8 Å². The molecule has 1 aliphatic rings. The van der Waals surface area contributed by atoms with Gasteiger partial charge in [-0.05, 0) is 30.6 Å². The van der Waals surface area contributed by atoms with Crippen LogP contribution >= 0.6 is 0 Å². The second kappa shape index (κ2) is 7.07. The van der Waals surface area contributed by atoms with E-state index in [2.05, 4.69) is 17.6 Å². The molecule has 1 saturated carbocycles. The van der Waals surface area contributed by atoms with Gasteiger partial charge in [-0.2, -0.15) is 0 Å². The molecule has 0 radical (unpaired) electrons. The summed E-state index contributed by atoms with van der Waals surface area (Å²) in [6, 6.07) is 0.202. The van der Waals surface area contributed by atoms with Gasteiger partial charge in [0.2, 0.25) is 5.91 Å². The number of aliphatic carboxylic acids is 1. The molecule has 1 aliphatic carbocycles. The van der Waals surface area contributed by atoms with Crippen molar-refractivity contribution in [1.82, 2.24) is 10.6 Å². The topological polar surface area (TPSA) is 78.4 Å². The highest BCUT2D eigenvalue weighted by Gasteiger charge is 2.46. The molecule has 116 valence electrons. The van der Waals surface area contributed by atoms with E-state index in [0.717, 1.165) is 12.8 Å². The van der Waals surface area contributed by atoms with Crippen LogP contribution in [0.5, 0.6) is 0 Å². The van der Waals surface area contributed by atoms with Gasteiger partial charge in [0.05, 0.1) is 12.5 Å². The van der Waals surface area contributed by atoms with Crippen LogP contribution in [0.25, 0.3) is 0 Å². The van der Waals surface area contributed by atoms with Crippen LogP contribution in [0.3, 0.4) is 0 Å². The summed E-state index contributed by atoms with van der Waals surface area (Å²) >= 11 is 0. The predicted octanol–water partition coefficient (Wildman–Crippen LogP) is 1.63. The Hall–Kier alpha value is -1.10. The number of carboxylic acid groups (broad SMARTS) is 1. The van der Waals surface area contributed by atoms with E-state index < -0.39 is 5.97 Å². The van der Waals surface area contributed by atoms with Gasteiger partial charge in [-0.25, -0.2) is 0 Å². The Balaban J connectivity index is 2.54. The lowest BCUT2D eigenvalue weighted by atomic mass is 9.61. The van der Waals surface area contributed by atoms with Crippen molar-refractivity contribution >= 4 is 11.9 Å². The fourth-order valence-electron chi connectivity index (χ4n) is 3.08. The Kier molecular flexibility index (Phi) is 5.99. The molecule has 5 nitrogen and oxygen atoms in total. The number of hydrogen-bond acceptors (Lipinski definition) is 3. The van der Waals surface area contributed by atoms with Gasteiger partial charge in [-0.1, -0.05) is 27.7 Å². The minimum atomic E-state index is -0.707. The molecule has 1 fully saturated rings. The SMILES string of the molecule is CCCNC(=O)CNC1CCC(C(=O)O)C(C)(C)C1C. The zero-order valence-electron chi connectivity index (χ0n) is 13.0. The van der Waals surface area contributed by atoms with E-state index in [0.29, 0.717) is 19.5 Å². The summed E-state index contributed by atoms with van der Waals surface area (Å²) < 4.78 is 0. The molecule has 0 spiro atoms. The van der Waals surface area contributed by atoms with Gasteiger partial charge in [-0.15, -0.1) is 0 Å². The van der Waals surface area contributed by atoms with Crippen LogP contribution in [0.1, 0.15) is 47.0 Å². The van der Waals surface area contributed by atoms with E-state index in [-0.39, 0.29) is 29.2 Å². The monoisotopic (exact) mass is 284 g/mol. The average Bonchev–Trinajstić information content (AvgIpc) is 2.37. The van der Waals surface area contributed by atoms with E-state index in [1.165, 1.54) is 0 Å². The molecular weight excluding hydrogens is 256 g/mol. The fourth-order valence-corrected chi connectivity index (χ4v) is 3.08. The van der Waals surface area contributed by atoms with Gasteiger partial charge < -0.3 is 15.7 Å². The van der Waals surface area contributed by atoms with Gasteiger partial charge in [0.1, 0.15) is 0 Å². The number of hydrogen-bond donors (Lipinski definition) is 3. The third-order valence-corrected chi connectivity index (χ3v) is 4.84. The number of amides is 1. The molecule has 5 heteroatoms. The normalized spacial score (nSPS) is 28.9. The molecule has 0 aromatic carbocycles. The molecule has 3 N–H and O–H groups in total. The van der Waals surface area contributed by atoms with Gasteiger partial charge >= 0.3 is 5.97 Å². The van der Waals surface area contributed by atoms with Crippen LogP contribution in [0.2, 0.25) is 0 Å². The van der Waals surface area contributed by atoms with Gasteiger partial charge in [0.25, 0.3) is 0 Å². The standard InChI is InChI=1S/C15H28N2O3/c1-5-8-16-13(18)9-17-12-7-6-11(14(19)20)15(3,4)10(12)2/h10-12,17H,5-9H2,1-4H3,(H,16,18)(H,19,20). The smallest absolute Gasteiger partial charge is 0.307 e. The molecule has 20 heavy (non-hydrogen) atoms. The number of carbonyl (C=O) groups is 2. The molecule has 1 amide bonds. The van der Waals surface area contributed by atoms with Crippen molar-refractivity contribution < 1.29 is 14.7 Å². The summed E-state index contributed by atoms with van der Waals surface area (Å²) in [5.41, 5.74) is -0.262. The van der Waals surface area contributed by atoms with Crippen molar-refractivity contribution in [2.45, 2.75) is 53.0 Å². The molecule has 0 aromatic heterocycles. The van der Waals surface area contributed by atoms with Crippen LogP contribution in [0, 0.1) is 17.3 Å². The lowest BCUT2D eigenvalue weighted by Gasteiger charge is -2.46. The third kappa shape index (κ3) is 3.95. The highest BCUT2D eigenvalue weighted by atomic mass is 16.4. The van der Waals surface area contributed by atoms with Crippen molar-refractivity contribution in [2.24, 2.45) is 17.3 Å². The second-order valence-corrected chi connectivity index (χ2v) is 6.42. The molecule has 1 rings (SSSR count). The molecule has 3 unspecified atom stereocenters. The maximum Gasteiger partial charge on any atom is 0.307 e. The number of carbonyl (C=O) groups excluding carboxylic acids is 1. The predicted molar refractivity (Wildman–Crippen MR) is 78.4 cm³/mol. The van der Waals surface area contributed by atoms with Crippen molar-refractivity contribution in [3.8, 4) is 0 Å². The first-order valence-electron chi connectivity index (χ1n) is 7.53. The minimum absolute atomic E-state index is 0.0113. The number of nitrogens with one attached hydrogen (secondary N) is 2. The number of rotatable bonds is 6. The first kappa shape index (κ1) is 17.0. The second-order valence-electron chi connectivity index (χ2n) is 6.42. The van der Waals surface area contributed by atoms with Crippen LogP contribution in [-0.2, 0) is 9.59 Å². The van der Waals surface area contributed by atoms with Crippen molar-refractivity contribution in [1.29, 1.82) is 0 Å². The highest BCUT2D eigenvalue weighted by molar-refractivity contribution is 5.78. The number of carboxylic acids is 1. The Morgan fingerprint density at radius 1 is 1.30 bits per heavy atom. The van der Waals surface area contributed by atoms with E-state index in [1.54, 1.807) is 0 Å². The average molecular weight is 284 g/mol. The summed E-state index contributed by atoms with van der Waals surface area (Å²) in [5.74, 6) is -0.779. The Morgan fingerprint density at radius 2 is 1.95 bits per heavy atom. The summed E-state index contributed by atoms with van der Waals surface area (Å²) in [6.45, 7) is 9.14. The van der Waals surface area contributed by atoms with E-state index in [4.69, 9.17) is 0 Å². The molecule has 0 aliphatic heterocycles. The zero-order valence-corrected chi connectivity index (χ0v) is 13.0. The quantitative estimate of drug-likeness (QED) is 0.692.